The largest absolute Gasteiger partial charge is 0.497 e. The first kappa shape index (κ1) is 17.5. The summed E-state index contributed by atoms with van der Waals surface area (Å²) in [7, 11) is 4.40. The van der Waals surface area contributed by atoms with E-state index in [-0.39, 0.29) is 37.9 Å². The average Bonchev–Trinajstić information content (AvgIpc) is 2.63. The van der Waals surface area contributed by atoms with E-state index in [4.69, 9.17) is 41.8 Å². The van der Waals surface area contributed by atoms with Crippen LogP contribution in [0.3, 0.4) is 0 Å². The number of fused-ring (bicyclic) bond motifs is 1. The third kappa shape index (κ3) is 2.90. The number of ether oxygens (including phenoxy) is 3. The topological polar surface area (TPSA) is 57.9 Å². The highest BCUT2D eigenvalue weighted by molar-refractivity contribution is 6.42. The third-order valence-electron chi connectivity index (χ3n) is 3.75. The molecule has 0 N–H and O–H groups in total. The fourth-order valence-corrected chi connectivity index (χ4v) is 3.24. The van der Waals surface area contributed by atoms with Crippen molar-refractivity contribution in [2.75, 3.05) is 21.3 Å². The van der Waals surface area contributed by atoms with Crippen LogP contribution in [-0.4, -0.2) is 21.3 Å². The minimum absolute atomic E-state index is 0.107. The molecule has 0 atom stereocenters. The summed E-state index contributed by atoms with van der Waals surface area (Å²) >= 11 is 12.6. The lowest BCUT2D eigenvalue weighted by Gasteiger charge is -2.14. The molecule has 130 valence electrons. The van der Waals surface area contributed by atoms with Crippen LogP contribution in [0.5, 0.6) is 17.2 Å². The molecule has 2 aromatic carbocycles. The van der Waals surface area contributed by atoms with E-state index < -0.39 is 0 Å². The summed E-state index contributed by atoms with van der Waals surface area (Å²) in [6, 6.07) is 8.46. The van der Waals surface area contributed by atoms with Gasteiger partial charge in [-0.1, -0.05) is 23.2 Å². The second-order valence-corrected chi connectivity index (χ2v) is 5.86. The second kappa shape index (κ2) is 6.86. The Morgan fingerprint density at radius 1 is 0.880 bits per heavy atom. The molecule has 0 aliphatic heterocycles. The van der Waals surface area contributed by atoms with Gasteiger partial charge in [-0.15, -0.1) is 0 Å². The van der Waals surface area contributed by atoms with E-state index in [1.54, 1.807) is 31.4 Å². The number of hydrogen-bond acceptors (Lipinski definition) is 5. The van der Waals surface area contributed by atoms with Crippen molar-refractivity contribution < 1.29 is 18.6 Å². The Labute approximate surface area is 153 Å². The first-order valence-corrected chi connectivity index (χ1v) is 7.98. The highest BCUT2D eigenvalue weighted by atomic mass is 35.5. The van der Waals surface area contributed by atoms with E-state index in [1.807, 2.05) is 0 Å². The van der Waals surface area contributed by atoms with Crippen LogP contribution in [-0.2, 0) is 0 Å². The van der Waals surface area contributed by atoms with Crippen molar-refractivity contribution in [2.45, 2.75) is 0 Å². The predicted octanol–water partition coefficient (Wildman–Crippen LogP) is 4.79. The quantitative estimate of drug-likeness (QED) is 0.650. The zero-order chi connectivity index (χ0) is 18.1. The maximum atomic E-state index is 12.7. The molecule has 0 spiro atoms. The number of methoxy groups -OCH3 is 3. The summed E-state index contributed by atoms with van der Waals surface area (Å²) in [5.41, 5.74) is 0.525. The first-order valence-electron chi connectivity index (χ1n) is 7.23. The lowest BCUT2D eigenvalue weighted by Crippen LogP contribution is -2.05. The molecule has 1 heterocycles. The Bertz CT molecular complexity index is 993. The van der Waals surface area contributed by atoms with Gasteiger partial charge < -0.3 is 18.6 Å². The highest BCUT2D eigenvalue weighted by Crippen LogP contribution is 2.46. The maximum absolute atomic E-state index is 12.7. The molecule has 0 aliphatic rings. The summed E-state index contributed by atoms with van der Waals surface area (Å²) in [6.45, 7) is 0. The molecule has 0 saturated carbocycles. The zero-order valence-corrected chi connectivity index (χ0v) is 15.2. The van der Waals surface area contributed by atoms with Gasteiger partial charge in [0.05, 0.1) is 21.3 Å². The highest BCUT2D eigenvalue weighted by Gasteiger charge is 2.23. The fourth-order valence-electron chi connectivity index (χ4n) is 2.54. The summed E-state index contributed by atoms with van der Waals surface area (Å²) in [6.07, 6.45) is 0. The normalized spacial score (nSPS) is 10.8. The number of hydrogen-bond donors (Lipinski definition) is 0. The molecular weight excluding hydrogens is 367 g/mol. The van der Waals surface area contributed by atoms with Gasteiger partial charge in [0, 0.05) is 11.6 Å². The van der Waals surface area contributed by atoms with Gasteiger partial charge in [-0.3, -0.25) is 4.79 Å². The summed E-state index contributed by atoms with van der Waals surface area (Å²) in [5, 5.41) is 0.387. The zero-order valence-electron chi connectivity index (χ0n) is 13.7. The Kier molecular flexibility index (Phi) is 4.79. The van der Waals surface area contributed by atoms with Crippen LogP contribution >= 0.6 is 23.2 Å². The van der Waals surface area contributed by atoms with Crippen molar-refractivity contribution in [3.8, 4) is 28.6 Å². The molecule has 0 fully saturated rings. The molecular formula is C18H14Cl2O5. The van der Waals surface area contributed by atoms with E-state index >= 15 is 0 Å². The van der Waals surface area contributed by atoms with Gasteiger partial charge >= 0.3 is 0 Å². The Morgan fingerprint density at radius 3 is 2.08 bits per heavy atom. The van der Waals surface area contributed by atoms with Gasteiger partial charge in [0.2, 0.25) is 0 Å². The lowest BCUT2D eigenvalue weighted by molar-refractivity contribution is 0.397. The molecule has 1 aromatic heterocycles. The number of halogens is 2. The van der Waals surface area contributed by atoms with Crippen molar-refractivity contribution in [2.24, 2.45) is 0 Å². The minimum Gasteiger partial charge on any atom is -0.497 e. The molecule has 3 rings (SSSR count). The molecule has 3 aromatic rings. The van der Waals surface area contributed by atoms with Crippen molar-refractivity contribution in [3.05, 3.63) is 50.6 Å². The number of benzene rings is 2. The number of rotatable bonds is 4. The summed E-state index contributed by atoms with van der Waals surface area (Å²) in [4.78, 5) is 12.7. The lowest BCUT2D eigenvalue weighted by atomic mass is 10.1. The Balaban J connectivity index is 2.33. The molecule has 7 heteroatoms. The standard InChI is InChI=1S/C18H14Cl2O5/c1-22-10-6-4-9(5-7-10)12-8-11(21)13-16(23-2)14(19)18(24-3)15(20)17(13)25-12/h4-8H,1-3H3. The van der Waals surface area contributed by atoms with Gasteiger partial charge in [0.1, 0.15) is 26.9 Å². The van der Waals surface area contributed by atoms with Crippen LogP contribution in [0, 0.1) is 0 Å². The first-order chi connectivity index (χ1) is 12.0. The third-order valence-corrected chi connectivity index (χ3v) is 4.44. The molecule has 25 heavy (non-hydrogen) atoms. The average molecular weight is 381 g/mol. The van der Waals surface area contributed by atoms with Gasteiger partial charge in [-0.25, -0.2) is 0 Å². The van der Waals surface area contributed by atoms with Crippen LogP contribution in [0.1, 0.15) is 0 Å². The molecule has 5 nitrogen and oxygen atoms in total. The monoisotopic (exact) mass is 380 g/mol. The van der Waals surface area contributed by atoms with Crippen molar-refractivity contribution in [1.82, 2.24) is 0 Å². The molecule has 0 amide bonds. The van der Waals surface area contributed by atoms with Crippen LogP contribution < -0.4 is 19.6 Å². The molecule has 0 radical (unpaired) electrons. The summed E-state index contributed by atoms with van der Waals surface area (Å²) in [5.74, 6) is 1.39. The molecule has 0 bridgehead atoms. The predicted molar refractivity (Wildman–Crippen MR) is 97.6 cm³/mol. The van der Waals surface area contributed by atoms with Gasteiger partial charge in [-0.05, 0) is 24.3 Å². The van der Waals surface area contributed by atoms with Crippen LogP contribution in [0.15, 0.2) is 39.5 Å². The Morgan fingerprint density at radius 2 is 1.52 bits per heavy atom. The smallest absolute Gasteiger partial charge is 0.197 e. The van der Waals surface area contributed by atoms with Crippen LogP contribution in [0.4, 0.5) is 0 Å². The van der Waals surface area contributed by atoms with E-state index in [0.29, 0.717) is 17.1 Å². The Hall–Kier alpha value is -2.37. The second-order valence-electron chi connectivity index (χ2n) is 5.10. The van der Waals surface area contributed by atoms with E-state index in [0.717, 1.165) is 0 Å². The van der Waals surface area contributed by atoms with Crippen molar-refractivity contribution in [1.29, 1.82) is 0 Å². The van der Waals surface area contributed by atoms with Crippen LogP contribution in [0.25, 0.3) is 22.3 Å². The van der Waals surface area contributed by atoms with E-state index in [9.17, 15) is 4.79 Å². The van der Waals surface area contributed by atoms with Gasteiger partial charge in [0.25, 0.3) is 0 Å². The van der Waals surface area contributed by atoms with Crippen LogP contribution in [0.2, 0.25) is 10.0 Å². The maximum Gasteiger partial charge on any atom is 0.197 e. The van der Waals surface area contributed by atoms with Crippen molar-refractivity contribution in [3.63, 3.8) is 0 Å². The molecule has 0 aliphatic carbocycles. The molecule has 0 saturated heterocycles. The SMILES string of the molecule is COc1ccc(-c2cc(=O)c3c(OC)c(Cl)c(OC)c(Cl)c3o2)cc1. The molecule has 0 unspecified atom stereocenters. The fraction of sp³-hybridized carbons (Fsp3) is 0.167. The summed E-state index contributed by atoms with van der Waals surface area (Å²) < 4.78 is 21.5. The van der Waals surface area contributed by atoms with Gasteiger partial charge in [-0.2, -0.15) is 0 Å². The van der Waals surface area contributed by atoms with Gasteiger partial charge in [0.15, 0.2) is 22.5 Å². The minimum atomic E-state index is -0.324. The van der Waals surface area contributed by atoms with E-state index in [2.05, 4.69) is 0 Å². The van der Waals surface area contributed by atoms with Crippen molar-refractivity contribution >= 4 is 34.2 Å². The van der Waals surface area contributed by atoms with E-state index in [1.165, 1.54) is 20.3 Å².